The number of esters is 1. The summed E-state index contributed by atoms with van der Waals surface area (Å²) in [6.07, 6.45) is 4.32. The van der Waals surface area contributed by atoms with Crippen molar-refractivity contribution in [1.29, 1.82) is 0 Å². The van der Waals surface area contributed by atoms with Crippen molar-refractivity contribution in [3.05, 3.63) is 0 Å². The zero-order chi connectivity index (χ0) is 12.8. The van der Waals surface area contributed by atoms with Gasteiger partial charge in [0.05, 0.1) is 6.61 Å². The van der Waals surface area contributed by atoms with E-state index in [-0.39, 0.29) is 12.0 Å². The lowest BCUT2D eigenvalue weighted by Gasteiger charge is -2.38. The first-order chi connectivity index (χ1) is 8.10. The van der Waals surface area contributed by atoms with E-state index in [4.69, 9.17) is 10.5 Å². The molecule has 2 N–H and O–H groups in total. The maximum Gasteiger partial charge on any atom is 0.323 e. The number of hydrogen-bond donors (Lipinski definition) is 1. The van der Waals surface area contributed by atoms with Crippen LogP contribution in [0.15, 0.2) is 0 Å². The van der Waals surface area contributed by atoms with E-state index in [0.717, 1.165) is 32.2 Å². The molecule has 0 aromatic heterocycles. The number of carbonyl (C=O) groups is 1. The number of hydrogen-bond acceptors (Lipinski definition) is 4. The van der Waals surface area contributed by atoms with Gasteiger partial charge in [0, 0.05) is 12.1 Å². The fourth-order valence-electron chi connectivity index (χ4n) is 2.68. The van der Waals surface area contributed by atoms with E-state index in [0.29, 0.717) is 18.7 Å². The monoisotopic (exact) mass is 242 g/mol. The summed E-state index contributed by atoms with van der Waals surface area (Å²) < 4.78 is 5.09. The standard InChI is InChI=1S/C13H26N2O2/c1-4-15(10(3)13(16)17-5-2)12-8-6-11(14)7-9-12/h10-12H,4-9,14H2,1-3H3. The third-order valence-electron chi connectivity index (χ3n) is 3.70. The van der Waals surface area contributed by atoms with E-state index in [9.17, 15) is 4.79 Å². The summed E-state index contributed by atoms with van der Waals surface area (Å²) in [6.45, 7) is 7.23. The second-order valence-electron chi connectivity index (χ2n) is 4.83. The Morgan fingerprint density at radius 3 is 2.41 bits per heavy atom. The van der Waals surface area contributed by atoms with Gasteiger partial charge in [0.15, 0.2) is 0 Å². The predicted octanol–water partition coefficient (Wildman–Crippen LogP) is 1.53. The lowest BCUT2D eigenvalue weighted by molar-refractivity contribution is -0.150. The maximum atomic E-state index is 11.8. The van der Waals surface area contributed by atoms with Crippen LogP contribution in [0.1, 0.15) is 46.5 Å². The number of nitrogens with zero attached hydrogens (tertiary/aromatic N) is 1. The maximum absolute atomic E-state index is 11.8. The van der Waals surface area contributed by atoms with Gasteiger partial charge in [-0.1, -0.05) is 6.92 Å². The Kier molecular flexibility index (Phi) is 5.92. The molecule has 0 aliphatic heterocycles. The molecule has 4 nitrogen and oxygen atoms in total. The summed E-state index contributed by atoms with van der Waals surface area (Å²) in [5, 5.41) is 0. The Balaban J connectivity index is 2.54. The van der Waals surface area contributed by atoms with Gasteiger partial charge in [0.2, 0.25) is 0 Å². The molecule has 0 saturated heterocycles. The highest BCUT2D eigenvalue weighted by Gasteiger charge is 2.30. The summed E-state index contributed by atoms with van der Waals surface area (Å²) in [4.78, 5) is 14.0. The van der Waals surface area contributed by atoms with Gasteiger partial charge in [-0.15, -0.1) is 0 Å². The van der Waals surface area contributed by atoms with Gasteiger partial charge in [-0.3, -0.25) is 9.69 Å². The van der Waals surface area contributed by atoms with E-state index in [2.05, 4.69) is 11.8 Å². The molecule has 1 aliphatic rings. The summed E-state index contributed by atoms with van der Waals surface area (Å²) in [5.41, 5.74) is 5.91. The minimum atomic E-state index is -0.140. The minimum Gasteiger partial charge on any atom is -0.465 e. The molecule has 1 saturated carbocycles. The highest BCUT2D eigenvalue weighted by atomic mass is 16.5. The molecule has 0 aromatic carbocycles. The molecule has 17 heavy (non-hydrogen) atoms. The van der Waals surface area contributed by atoms with Gasteiger partial charge >= 0.3 is 5.97 Å². The van der Waals surface area contributed by atoms with Gasteiger partial charge in [-0.05, 0) is 46.1 Å². The summed E-state index contributed by atoms with van der Waals surface area (Å²) >= 11 is 0. The zero-order valence-corrected chi connectivity index (χ0v) is 11.3. The van der Waals surface area contributed by atoms with Crippen LogP contribution >= 0.6 is 0 Å². The van der Waals surface area contributed by atoms with Crippen molar-refractivity contribution in [3.8, 4) is 0 Å². The number of nitrogens with two attached hydrogens (primary N) is 1. The van der Waals surface area contributed by atoms with Gasteiger partial charge < -0.3 is 10.5 Å². The molecular weight excluding hydrogens is 216 g/mol. The van der Waals surface area contributed by atoms with Crippen molar-refractivity contribution < 1.29 is 9.53 Å². The molecule has 1 rings (SSSR count). The average Bonchev–Trinajstić information content (AvgIpc) is 2.32. The van der Waals surface area contributed by atoms with Crippen molar-refractivity contribution in [2.24, 2.45) is 5.73 Å². The van der Waals surface area contributed by atoms with E-state index >= 15 is 0 Å². The summed E-state index contributed by atoms with van der Waals surface area (Å²) in [7, 11) is 0. The first kappa shape index (κ1) is 14.5. The fourth-order valence-corrected chi connectivity index (χ4v) is 2.68. The van der Waals surface area contributed by atoms with Gasteiger partial charge in [-0.25, -0.2) is 0 Å². The lowest BCUT2D eigenvalue weighted by Crippen LogP contribution is -2.48. The Morgan fingerprint density at radius 1 is 1.35 bits per heavy atom. The number of rotatable bonds is 5. The highest BCUT2D eigenvalue weighted by Crippen LogP contribution is 2.23. The second-order valence-corrected chi connectivity index (χ2v) is 4.83. The second kappa shape index (κ2) is 6.97. The first-order valence-corrected chi connectivity index (χ1v) is 6.78. The van der Waals surface area contributed by atoms with Crippen LogP contribution in [-0.4, -0.2) is 42.1 Å². The molecule has 4 heteroatoms. The minimum absolute atomic E-state index is 0.107. The molecule has 0 spiro atoms. The number of carbonyl (C=O) groups excluding carboxylic acids is 1. The van der Waals surface area contributed by atoms with Crippen LogP contribution in [0.25, 0.3) is 0 Å². The molecule has 1 atom stereocenters. The Morgan fingerprint density at radius 2 is 1.94 bits per heavy atom. The van der Waals surface area contributed by atoms with Crippen molar-refractivity contribution in [2.75, 3.05) is 13.2 Å². The molecular formula is C13H26N2O2. The van der Waals surface area contributed by atoms with Crippen LogP contribution in [0.4, 0.5) is 0 Å². The highest BCUT2D eigenvalue weighted by molar-refractivity contribution is 5.75. The Labute approximate surface area is 104 Å². The van der Waals surface area contributed by atoms with E-state index in [1.54, 1.807) is 0 Å². The molecule has 0 aromatic rings. The Hall–Kier alpha value is -0.610. The molecule has 1 aliphatic carbocycles. The normalized spacial score (nSPS) is 26.9. The van der Waals surface area contributed by atoms with Crippen LogP contribution in [0.2, 0.25) is 0 Å². The quantitative estimate of drug-likeness (QED) is 0.743. The third kappa shape index (κ3) is 3.96. The van der Waals surface area contributed by atoms with Crippen molar-refractivity contribution in [2.45, 2.75) is 64.6 Å². The van der Waals surface area contributed by atoms with Crippen LogP contribution in [-0.2, 0) is 9.53 Å². The molecule has 0 heterocycles. The van der Waals surface area contributed by atoms with Crippen LogP contribution < -0.4 is 5.73 Å². The van der Waals surface area contributed by atoms with Crippen molar-refractivity contribution in [3.63, 3.8) is 0 Å². The van der Waals surface area contributed by atoms with E-state index < -0.39 is 0 Å². The smallest absolute Gasteiger partial charge is 0.323 e. The van der Waals surface area contributed by atoms with E-state index in [1.165, 1.54) is 0 Å². The van der Waals surface area contributed by atoms with Gasteiger partial charge in [0.1, 0.15) is 6.04 Å². The number of likely N-dealkylation sites (N-methyl/N-ethyl adjacent to an activating group) is 1. The van der Waals surface area contributed by atoms with Gasteiger partial charge in [-0.2, -0.15) is 0 Å². The van der Waals surface area contributed by atoms with Gasteiger partial charge in [0.25, 0.3) is 0 Å². The molecule has 0 amide bonds. The van der Waals surface area contributed by atoms with E-state index in [1.807, 2.05) is 13.8 Å². The largest absolute Gasteiger partial charge is 0.465 e. The predicted molar refractivity (Wildman–Crippen MR) is 68.7 cm³/mol. The lowest BCUT2D eigenvalue weighted by atomic mass is 9.90. The van der Waals surface area contributed by atoms with Crippen LogP contribution in [0.3, 0.4) is 0 Å². The summed E-state index contributed by atoms with van der Waals surface area (Å²) in [5.74, 6) is -0.107. The van der Waals surface area contributed by atoms with Crippen LogP contribution in [0.5, 0.6) is 0 Å². The third-order valence-corrected chi connectivity index (χ3v) is 3.70. The molecule has 100 valence electrons. The van der Waals surface area contributed by atoms with Crippen molar-refractivity contribution >= 4 is 5.97 Å². The SMILES string of the molecule is CCOC(=O)C(C)N(CC)C1CCC(N)CC1. The number of ether oxygens (including phenoxy) is 1. The molecule has 0 bridgehead atoms. The molecule has 1 unspecified atom stereocenters. The molecule has 1 fully saturated rings. The fraction of sp³-hybridized carbons (Fsp3) is 0.923. The topological polar surface area (TPSA) is 55.6 Å². The molecule has 0 radical (unpaired) electrons. The zero-order valence-electron chi connectivity index (χ0n) is 11.3. The van der Waals surface area contributed by atoms with Crippen molar-refractivity contribution in [1.82, 2.24) is 4.90 Å². The Bertz CT molecular complexity index is 238. The first-order valence-electron chi connectivity index (χ1n) is 6.78. The summed E-state index contributed by atoms with van der Waals surface area (Å²) in [6, 6.07) is 0.696. The average molecular weight is 242 g/mol. The van der Waals surface area contributed by atoms with Crippen LogP contribution in [0, 0.1) is 0 Å².